The van der Waals surface area contributed by atoms with Crippen molar-refractivity contribution < 1.29 is 19.4 Å². The van der Waals surface area contributed by atoms with Crippen LogP contribution in [0.3, 0.4) is 0 Å². The molecule has 1 saturated heterocycles. The summed E-state index contributed by atoms with van der Waals surface area (Å²) in [5.41, 5.74) is -0.229. The third-order valence-corrected chi connectivity index (χ3v) is 5.17. The van der Waals surface area contributed by atoms with Crippen LogP contribution in [0.25, 0.3) is 0 Å². The molecule has 134 valence electrons. The van der Waals surface area contributed by atoms with Crippen LogP contribution in [0.5, 0.6) is 5.75 Å². The second-order valence-electron chi connectivity index (χ2n) is 7.07. The summed E-state index contributed by atoms with van der Waals surface area (Å²) in [6.45, 7) is 2.79. The minimum absolute atomic E-state index is 0.117. The zero-order chi connectivity index (χ0) is 17.9. The van der Waals surface area contributed by atoms with Crippen LogP contribution >= 0.6 is 0 Å². The maximum Gasteiger partial charge on any atom is 0.348 e. The van der Waals surface area contributed by atoms with Crippen LogP contribution in [0.4, 0.5) is 0 Å². The van der Waals surface area contributed by atoms with E-state index < -0.39 is 11.6 Å². The molecule has 3 rings (SSSR count). The number of allylic oxidation sites excluding steroid dienone is 2. The van der Waals surface area contributed by atoms with Crippen molar-refractivity contribution in [1.82, 2.24) is 4.90 Å². The van der Waals surface area contributed by atoms with Gasteiger partial charge in [0.25, 0.3) is 0 Å². The van der Waals surface area contributed by atoms with Gasteiger partial charge in [0, 0.05) is 32.4 Å². The molecule has 1 aromatic rings. The first-order chi connectivity index (χ1) is 12.0. The molecule has 0 bridgehead atoms. The minimum atomic E-state index is -1.25. The Morgan fingerprint density at radius 2 is 2.08 bits per heavy atom. The molecule has 1 heterocycles. The molecule has 25 heavy (non-hydrogen) atoms. The molecule has 1 aliphatic heterocycles. The number of carbonyl (C=O) groups excluding carboxylic acids is 1. The average Bonchev–Trinajstić information content (AvgIpc) is 3.08. The standard InChI is InChI=1S/C20H25NO4/c1-15-5-4-8-17(13-15)25-20(19(23)24)9-11-21(12-10-20)18(22)14-16-6-2-3-7-16/h2,4-6,8,13,16H,3,7,9-12,14H2,1H3,(H,23,24). The van der Waals surface area contributed by atoms with Crippen molar-refractivity contribution in [2.24, 2.45) is 5.92 Å². The molecule has 1 amide bonds. The molecule has 1 unspecified atom stereocenters. The summed E-state index contributed by atoms with van der Waals surface area (Å²) in [7, 11) is 0. The van der Waals surface area contributed by atoms with E-state index in [9.17, 15) is 14.7 Å². The first-order valence-electron chi connectivity index (χ1n) is 8.92. The van der Waals surface area contributed by atoms with Gasteiger partial charge in [0.1, 0.15) is 5.75 Å². The van der Waals surface area contributed by atoms with E-state index >= 15 is 0 Å². The van der Waals surface area contributed by atoms with E-state index in [1.165, 1.54) is 0 Å². The van der Waals surface area contributed by atoms with Crippen molar-refractivity contribution in [3.05, 3.63) is 42.0 Å². The lowest BCUT2D eigenvalue weighted by atomic mass is 9.90. The summed E-state index contributed by atoms with van der Waals surface area (Å²) in [5, 5.41) is 9.74. The Balaban J connectivity index is 1.63. The van der Waals surface area contributed by atoms with E-state index in [0.717, 1.165) is 18.4 Å². The SMILES string of the molecule is Cc1cccc(OC2(C(=O)O)CCN(C(=O)CC3C=CCC3)CC2)c1. The van der Waals surface area contributed by atoms with E-state index in [2.05, 4.69) is 12.2 Å². The highest BCUT2D eigenvalue weighted by molar-refractivity contribution is 5.80. The first-order valence-corrected chi connectivity index (χ1v) is 8.92. The number of carboxylic acid groups (broad SMARTS) is 1. The van der Waals surface area contributed by atoms with Gasteiger partial charge in [-0.25, -0.2) is 4.79 Å². The molecule has 5 nitrogen and oxygen atoms in total. The van der Waals surface area contributed by atoms with Gasteiger partial charge < -0.3 is 14.7 Å². The predicted octanol–water partition coefficient (Wildman–Crippen LogP) is 3.18. The summed E-state index contributed by atoms with van der Waals surface area (Å²) in [4.78, 5) is 26.1. The third-order valence-electron chi connectivity index (χ3n) is 5.17. The average molecular weight is 343 g/mol. The van der Waals surface area contributed by atoms with Crippen molar-refractivity contribution >= 4 is 11.9 Å². The molecule has 2 aliphatic rings. The summed E-state index contributed by atoms with van der Waals surface area (Å²) in [6.07, 6.45) is 7.46. The molecule has 5 heteroatoms. The fourth-order valence-corrected chi connectivity index (χ4v) is 3.60. The number of hydrogen-bond acceptors (Lipinski definition) is 3. The number of aryl methyl sites for hydroxylation is 1. The summed E-state index contributed by atoms with van der Waals surface area (Å²) in [5.74, 6) is 0.0615. The quantitative estimate of drug-likeness (QED) is 0.834. The third kappa shape index (κ3) is 4.03. The first kappa shape index (κ1) is 17.5. The zero-order valence-corrected chi connectivity index (χ0v) is 14.6. The highest BCUT2D eigenvalue weighted by Crippen LogP contribution is 2.31. The lowest BCUT2D eigenvalue weighted by molar-refractivity contribution is -0.162. The fraction of sp³-hybridized carbons (Fsp3) is 0.500. The van der Waals surface area contributed by atoms with Gasteiger partial charge in [-0.3, -0.25) is 4.79 Å². The minimum Gasteiger partial charge on any atom is -0.478 e. The lowest BCUT2D eigenvalue weighted by Crippen LogP contribution is -2.54. The molecule has 1 atom stereocenters. The van der Waals surface area contributed by atoms with Crippen molar-refractivity contribution in [3.63, 3.8) is 0 Å². The van der Waals surface area contributed by atoms with Crippen molar-refractivity contribution in [1.29, 1.82) is 0 Å². The lowest BCUT2D eigenvalue weighted by Gasteiger charge is -2.39. The monoisotopic (exact) mass is 343 g/mol. The van der Waals surface area contributed by atoms with Crippen molar-refractivity contribution in [2.45, 2.75) is 44.6 Å². The van der Waals surface area contributed by atoms with E-state index in [0.29, 0.717) is 44.0 Å². The number of carboxylic acids is 1. The van der Waals surface area contributed by atoms with Crippen LogP contribution in [-0.4, -0.2) is 40.6 Å². The van der Waals surface area contributed by atoms with E-state index in [4.69, 9.17) is 4.74 Å². The van der Waals surface area contributed by atoms with Gasteiger partial charge in [-0.15, -0.1) is 0 Å². The second-order valence-corrected chi connectivity index (χ2v) is 7.07. The number of benzene rings is 1. The number of amides is 1. The predicted molar refractivity (Wildman–Crippen MR) is 94.5 cm³/mol. The fourth-order valence-electron chi connectivity index (χ4n) is 3.60. The highest BCUT2D eigenvalue weighted by atomic mass is 16.5. The number of ether oxygens (including phenoxy) is 1. The van der Waals surface area contributed by atoms with Gasteiger partial charge >= 0.3 is 5.97 Å². The number of nitrogens with zero attached hydrogens (tertiary/aromatic N) is 1. The number of aliphatic carboxylic acids is 1. The Morgan fingerprint density at radius 3 is 2.68 bits per heavy atom. The van der Waals surface area contributed by atoms with Gasteiger partial charge in [-0.2, -0.15) is 0 Å². The number of rotatable bonds is 5. The normalized spacial score (nSPS) is 22.0. The Kier molecular flexibility index (Phi) is 5.11. The molecule has 1 fully saturated rings. The summed E-state index contributed by atoms with van der Waals surface area (Å²) < 4.78 is 5.90. The van der Waals surface area contributed by atoms with Crippen LogP contribution in [-0.2, 0) is 9.59 Å². The topological polar surface area (TPSA) is 66.8 Å². The highest BCUT2D eigenvalue weighted by Gasteiger charge is 2.45. The molecular formula is C20H25NO4. The zero-order valence-electron chi connectivity index (χ0n) is 14.6. The van der Waals surface area contributed by atoms with Crippen LogP contribution in [0.2, 0.25) is 0 Å². The van der Waals surface area contributed by atoms with Crippen LogP contribution in [0.15, 0.2) is 36.4 Å². The van der Waals surface area contributed by atoms with Gasteiger partial charge in [-0.05, 0) is 43.4 Å². The maximum atomic E-state index is 12.4. The largest absolute Gasteiger partial charge is 0.478 e. The van der Waals surface area contributed by atoms with E-state index in [1.54, 1.807) is 11.0 Å². The molecular weight excluding hydrogens is 318 g/mol. The molecule has 1 aromatic carbocycles. The molecule has 0 saturated carbocycles. The summed E-state index contributed by atoms with van der Waals surface area (Å²) in [6, 6.07) is 7.42. The molecule has 1 aliphatic carbocycles. The van der Waals surface area contributed by atoms with Gasteiger partial charge in [-0.1, -0.05) is 24.3 Å². The smallest absolute Gasteiger partial charge is 0.348 e. The number of piperidine rings is 1. The number of likely N-dealkylation sites (tertiary alicyclic amines) is 1. The van der Waals surface area contributed by atoms with E-state index in [1.807, 2.05) is 25.1 Å². The molecule has 0 aromatic heterocycles. The van der Waals surface area contributed by atoms with Gasteiger partial charge in [0.15, 0.2) is 0 Å². The number of hydrogen-bond donors (Lipinski definition) is 1. The van der Waals surface area contributed by atoms with Gasteiger partial charge in [0.05, 0.1) is 0 Å². The van der Waals surface area contributed by atoms with Crippen LogP contribution < -0.4 is 4.74 Å². The van der Waals surface area contributed by atoms with Crippen LogP contribution in [0.1, 0.15) is 37.7 Å². The Bertz CT molecular complexity index is 674. The van der Waals surface area contributed by atoms with Crippen molar-refractivity contribution in [2.75, 3.05) is 13.1 Å². The van der Waals surface area contributed by atoms with Crippen molar-refractivity contribution in [3.8, 4) is 5.75 Å². The maximum absolute atomic E-state index is 12.4. The van der Waals surface area contributed by atoms with Gasteiger partial charge in [0.2, 0.25) is 11.5 Å². The Labute approximate surface area is 148 Å². The Hall–Kier alpha value is -2.30. The molecule has 1 N–H and O–H groups in total. The molecule has 0 radical (unpaired) electrons. The van der Waals surface area contributed by atoms with E-state index in [-0.39, 0.29) is 5.91 Å². The molecule has 0 spiro atoms. The Morgan fingerprint density at radius 1 is 1.32 bits per heavy atom. The number of carbonyl (C=O) groups is 2. The summed E-state index contributed by atoms with van der Waals surface area (Å²) >= 11 is 0. The van der Waals surface area contributed by atoms with Crippen LogP contribution in [0, 0.1) is 12.8 Å². The second kappa shape index (κ2) is 7.30.